The van der Waals surface area contributed by atoms with Gasteiger partial charge in [-0.05, 0) is 11.5 Å². The second-order valence-corrected chi connectivity index (χ2v) is 5.50. The SMILES string of the molecule is C#CCSCCNC(=O)c1cc2ccccc2c(Cl)n1. The molecule has 20 heavy (non-hydrogen) atoms. The molecule has 0 atom stereocenters. The largest absolute Gasteiger partial charge is 0.350 e. The van der Waals surface area contributed by atoms with E-state index in [-0.39, 0.29) is 5.91 Å². The maximum absolute atomic E-state index is 12.0. The molecule has 102 valence electrons. The van der Waals surface area contributed by atoms with Crippen LogP contribution in [0.25, 0.3) is 10.8 Å². The molecule has 0 aliphatic heterocycles. The number of benzene rings is 1. The number of aromatic nitrogens is 1. The number of carbonyl (C=O) groups excluding carboxylic acids is 1. The van der Waals surface area contributed by atoms with Gasteiger partial charge < -0.3 is 5.32 Å². The lowest BCUT2D eigenvalue weighted by Crippen LogP contribution is -2.26. The Kier molecular flexibility index (Phi) is 5.28. The first-order valence-corrected chi connectivity index (χ1v) is 7.60. The molecule has 0 saturated heterocycles. The predicted octanol–water partition coefficient (Wildman–Crippen LogP) is 2.98. The van der Waals surface area contributed by atoms with E-state index in [1.165, 1.54) is 0 Å². The van der Waals surface area contributed by atoms with Crippen LogP contribution in [0.4, 0.5) is 0 Å². The number of terminal acetylenes is 1. The summed E-state index contributed by atoms with van der Waals surface area (Å²) in [6, 6.07) is 9.31. The molecule has 0 spiro atoms. The summed E-state index contributed by atoms with van der Waals surface area (Å²) in [5.41, 5.74) is 0.329. The Balaban J connectivity index is 2.05. The smallest absolute Gasteiger partial charge is 0.269 e. The zero-order valence-electron chi connectivity index (χ0n) is 10.7. The van der Waals surface area contributed by atoms with Crippen LogP contribution in [0.5, 0.6) is 0 Å². The average molecular weight is 305 g/mol. The minimum Gasteiger partial charge on any atom is -0.350 e. The Hall–Kier alpha value is -1.70. The molecular weight excluding hydrogens is 292 g/mol. The number of rotatable bonds is 5. The first kappa shape index (κ1) is 14.7. The van der Waals surface area contributed by atoms with Crippen molar-refractivity contribution < 1.29 is 4.79 Å². The minimum atomic E-state index is -0.223. The number of pyridine rings is 1. The molecule has 0 bridgehead atoms. The van der Waals surface area contributed by atoms with Crippen molar-refractivity contribution >= 4 is 40.0 Å². The zero-order valence-corrected chi connectivity index (χ0v) is 12.3. The maximum atomic E-state index is 12.0. The molecule has 0 aliphatic carbocycles. The van der Waals surface area contributed by atoms with E-state index in [4.69, 9.17) is 18.0 Å². The summed E-state index contributed by atoms with van der Waals surface area (Å²) in [4.78, 5) is 16.1. The van der Waals surface area contributed by atoms with E-state index < -0.39 is 0 Å². The van der Waals surface area contributed by atoms with Gasteiger partial charge in [0, 0.05) is 17.7 Å². The second kappa shape index (κ2) is 7.18. The molecule has 2 aromatic rings. The van der Waals surface area contributed by atoms with Gasteiger partial charge in [-0.2, -0.15) is 0 Å². The fourth-order valence-electron chi connectivity index (χ4n) is 1.73. The van der Waals surface area contributed by atoms with E-state index in [9.17, 15) is 4.79 Å². The van der Waals surface area contributed by atoms with Crippen molar-refractivity contribution in [1.29, 1.82) is 0 Å². The highest BCUT2D eigenvalue weighted by molar-refractivity contribution is 7.99. The number of hydrogen-bond acceptors (Lipinski definition) is 3. The number of carbonyl (C=O) groups is 1. The topological polar surface area (TPSA) is 42.0 Å². The van der Waals surface area contributed by atoms with E-state index in [0.717, 1.165) is 16.5 Å². The van der Waals surface area contributed by atoms with Crippen LogP contribution >= 0.6 is 23.4 Å². The molecule has 1 N–H and O–H groups in total. The lowest BCUT2D eigenvalue weighted by Gasteiger charge is -2.06. The Morgan fingerprint density at radius 2 is 2.25 bits per heavy atom. The quantitative estimate of drug-likeness (QED) is 0.524. The molecule has 0 saturated carbocycles. The van der Waals surface area contributed by atoms with Gasteiger partial charge in [-0.25, -0.2) is 4.98 Å². The van der Waals surface area contributed by atoms with E-state index in [1.807, 2.05) is 24.3 Å². The highest BCUT2D eigenvalue weighted by Crippen LogP contribution is 2.22. The van der Waals surface area contributed by atoms with Crippen molar-refractivity contribution in [3.63, 3.8) is 0 Å². The highest BCUT2D eigenvalue weighted by Gasteiger charge is 2.10. The standard InChI is InChI=1S/C15H13ClN2OS/c1-2-8-20-9-7-17-15(19)13-10-11-5-3-4-6-12(11)14(16)18-13/h1,3-6,10H,7-9H2,(H,17,19). The van der Waals surface area contributed by atoms with Crippen molar-refractivity contribution in [1.82, 2.24) is 10.3 Å². The van der Waals surface area contributed by atoms with Gasteiger partial charge in [0.1, 0.15) is 10.8 Å². The third-order valence-electron chi connectivity index (χ3n) is 2.64. The lowest BCUT2D eigenvalue weighted by molar-refractivity contribution is 0.0951. The Morgan fingerprint density at radius 1 is 1.45 bits per heavy atom. The zero-order chi connectivity index (χ0) is 14.4. The first-order chi connectivity index (χ1) is 9.72. The summed E-state index contributed by atoms with van der Waals surface area (Å²) in [6.07, 6.45) is 5.15. The van der Waals surface area contributed by atoms with Crippen molar-refractivity contribution in [2.75, 3.05) is 18.1 Å². The van der Waals surface area contributed by atoms with Gasteiger partial charge in [-0.1, -0.05) is 41.8 Å². The molecule has 0 fully saturated rings. The number of nitrogens with zero attached hydrogens (tertiary/aromatic N) is 1. The summed E-state index contributed by atoms with van der Waals surface area (Å²) in [5.74, 6) is 3.74. The van der Waals surface area contributed by atoms with Crippen LogP contribution in [-0.2, 0) is 0 Å². The third kappa shape index (κ3) is 3.66. The molecule has 0 unspecified atom stereocenters. The van der Waals surface area contributed by atoms with E-state index in [2.05, 4.69) is 16.2 Å². The predicted molar refractivity (Wildman–Crippen MR) is 85.2 cm³/mol. The molecule has 3 nitrogen and oxygen atoms in total. The van der Waals surface area contributed by atoms with Crippen LogP contribution in [0.3, 0.4) is 0 Å². The average Bonchev–Trinajstić information content (AvgIpc) is 2.47. The molecule has 5 heteroatoms. The minimum absolute atomic E-state index is 0.223. The molecule has 1 amide bonds. The van der Waals surface area contributed by atoms with E-state index in [0.29, 0.717) is 23.1 Å². The number of halogens is 1. The summed E-state index contributed by atoms with van der Waals surface area (Å²) in [6.45, 7) is 0.553. The van der Waals surface area contributed by atoms with E-state index >= 15 is 0 Å². The maximum Gasteiger partial charge on any atom is 0.269 e. The molecule has 1 heterocycles. The van der Waals surface area contributed by atoms with Crippen molar-refractivity contribution in [3.8, 4) is 12.3 Å². The fourth-order valence-corrected chi connectivity index (χ4v) is 2.50. The van der Waals surface area contributed by atoms with Gasteiger partial charge in [0.2, 0.25) is 0 Å². The van der Waals surface area contributed by atoms with Crippen molar-refractivity contribution in [2.24, 2.45) is 0 Å². The molecule has 2 rings (SSSR count). The molecule has 1 aromatic heterocycles. The van der Waals surface area contributed by atoms with Gasteiger partial charge in [0.15, 0.2) is 0 Å². The number of hydrogen-bond donors (Lipinski definition) is 1. The molecule has 0 aliphatic rings. The highest BCUT2D eigenvalue weighted by atomic mass is 35.5. The Bertz CT molecular complexity index is 666. The number of thioether (sulfide) groups is 1. The Labute approximate surface area is 127 Å². The molecule has 0 radical (unpaired) electrons. The lowest BCUT2D eigenvalue weighted by atomic mass is 10.1. The van der Waals surface area contributed by atoms with Crippen molar-refractivity contribution in [3.05, 3.63) is 41.2 Å². The first-order valence-electron chi connectivity index (χ1n) is 6.07. The summed E-state index contributed by atoms with van der Waals surface area (Å²) >= 11 is 7.69. The molecular formula is C15H13ClN2OS. The van der Waals surface area contributed by atoms with Crippen LogP contribution in [0, 0.1) is 12.3 Å². The summed E-state index contributed by atoms with van der Waals surface area (Å²) in [5, 5.41) is 4.89. The normalized spacial score (nSPS) is 10.2. The number of nitrogens with one attached hydrogen (secondary N) is 1. The third-order valence-corrected chi connectivity index (χ3v) is 3.80. The number of fused-ring (bicyclic) bond motifs is 1. The van der Waals surface area contributed by atoms with E-state index in [1.54, 1.807) is 17.8 Å². The van der Waals surface area contributed by atoms with Gasteiger partial charge in [-0.3, -0.25) is 4.79 Å². The van der Waals surface area contributed by atoms with Crippen LogP contribution in [-0.4, -0.2) is 28.9 Å². The monoisotopic (exact) mass is 304 g/mol. The van der Waals surface area contributed by atoms with Crippen molar-refractivity contribution in [2.45, 2.75) is 0 Å². The van der Waals surface area contributed by atoms with Crippen LogP contribution in [0.15, 0.2) is 30.3 Å². The molecule has 1 aromatic carbocycles. The van der Waals surface area contributed by atoms with Crippen LogP contribution < -0.4 is 5.32 Å². The van der Waals surface area contributed by atoms with Crippen LogP contribution in [0.2, 0.25) is 5.15 Å². The summed E-state index contributed by atoms with van der Waals surface area (Å²) in [7, 11) is 0. The second-order valence-electron chi connectivity index (χ2n) is 4.03. The van der Waals surface area contributed by atoms with Gasteiger partial charge >= 0.3 is 0 Å². The van der Waals surface area contributed by atoms with Crippen LogP contribution in [0.1, 0.15) is 10.5 Å². The summed E-state index contributed by atoms with van der Waals surface area (Å²) < 4.78 is 0. The Morgan fingerprint density at radius 3 is 3.05 bits per heavy atom. The fraction of sp³-hybridized carbons (Fsp3) is 0.200. The van der Waals surface area contributed by atoms with Gasteiger partial charge in [0.05, 0.1) is 5.75 Å². The number of amides is 1. The van der Waals surface area contributed by atoms with Gasteiger partial charge in [0.25, 0.3) is 5.91 Å². The van der Waals surface area contributed by atoms with Gasteiger partial charge in [-0.15, -0.1) is 18.2 Å².